The lowest BCUT2D eigenvalue weighted by Gasteiger charge is -2.21. The van der Waals surface area contributed by atoms with Gasteiger partial charge in [-0.2, -0.15) is 0 Å². The number of hydrogen-bond acceptors (Lipinski definition) is 6. The maximum absolute atomic E-state index is 12.2. The molecule has 1 aromatic heterocycles. The van der Waals surface area contributed by atoms with Crippen LogP contribution in [0.2, 0.25) is 0 Å². The van der Waals surface area contributed by atoms with Crippen LogP contribution in [0.5, 0.6) is 0 Å². The maximum atomic E-state index is 12.2. The second-order valence-electron chi connectivity index (χ2n) is 6.17. The van der Waals surface area contributed by atoms with Gasteiger partial charge in [-0.3, -0.25) is 19.4 Å². The summed E-state index contributed by atoms with van der Waals surface area (Å²) in [4.78, 5) is 48.4. The van der Waals surface area contributed by atoms with E-state index in [-0.39, 0.29) is 30.4 Å². The number of carbonyl (C=O) groups is 2. The molecule has 0 saturated carbocycles. The predicted molar refractivity (Wildman–Crippen MR) is 86.1 cm³/mol. The number of aromatic amines is 1. The van der Waals surface area contributed by atoms with Crippen LogP contribution in [-0.4, -0.2) is 38.8 Å². The SMILES string of the molecule is CCC1OC(c2cn(C)c(=O)[nH]c2=O)C(OC(=O)CCC(=O)O)C1C. The average Bonchev–Trinajstić information content (AvgIpc) is 2.85. The second kappa shape index (κ2) is 7.64. The third-order valence-corrected chi connectivity index (χ3v) is 4.38. The Hall–Kier alpha value is -2.42. The number of aryl methyl sites for hydroxylation is 1. The Labute approximate surface area is 143 Å². The van der Waals surface area contributed by atoms with Crippen LogP contribution in [0.25, 0.3) is 0 Å². The van der Waals surface area contributed by atoms with E-state index < -0.39 is 35.4 Å². The number of esters is 1. The number of carboxylic acid groups (broad SMARTS) is 1. The van der Waals surface area contributed by atoms with E-state index in [9.17, 15) is 19.2 Å². The molecule has 9 nitrogen and oxygen atoms in total. The van der Waals surface area contributed by atoms with E-state index in [1.807, 2.05) is 13.8 Å². The molecule has 0 spiro atoms. The Morgan fingerprint density at radius 2 is 2.04 bits per heavy atom. The fourth-order valence-corrected chi connectivity index (χ4v) is 2.97. The van der Waals surface area contributed by atoms with Crippen molar-refractivity contribution in [1.29, 1.82) is 0 Å². The van der Waals surface area contributed by atoms with E-state index in [0.29, 0.717) is 6.42 Å². The van der Waals surface area contributed by atoms with E-state index >= 15 is 0 Å². The van der Waals surface area contributed by atoms with Gasteiger partial charge in [0.15, 0.2) is 0 Å². The van der Waals surface area contributed by atoms with Gasteiger partial charge in [0.1, 0.15) is 12.2 Å². The van der Waals surface area contributed by atoms with Crippen molar-refractivity contribution in [3.8, 4) is 0 Å². The molecular formula is C16H22N2O7. The van der Waals surface area contributed by atoms with Crippen molar-refractivity contribution in [2.45, 2.75) is 51.4 Å². The number of H-pyrrole nitrogens is 1. The van der Waals surface area contributed by atoms with E-state index in [0.717, 1.165) is 0 Å². The second-order valence-corrected chi connectivity index (χ2v) is 6.17. The first-order chi connectivity index (χ1) is 11.7. The highest BCUT2D eigenvalue weighted by Gasteiger charge is 2.45. The van der Waals surface area contributed by atoms with Gasteiger partial charge in [-0.1, -0.05) is 13.8 Å². The summed E-state index contributed by atoms with van der Waals surface area (Å²) in [7, 11) is 1.49. The molecule has 2 N–H and O–H groups in total. The van der Waals surface area contributed by atoms with Gasteiger partial charge in [-0.05, 0) is 6.42 Å². The molecule has 0 aliphatic carbocycles. The first-order valence-corrected chi connectivity index (χ1v) is 8.11. The Morgan fingerprint density at radius 1 is 1.36 bits per heavy atom. The Bertz CT molecular complexity index is 766. The fourth-order valence-electron chi connectivity index (χ4n) is 2.97. The Kier molecular flexibility index (Phi) is 5.78. The van der Waals surface area contributed by atoms with Gasteiger partial charge in [0.25, 0.3) is 5.56 Å². The number of ether oxygens (including phenoxy) is 2. The third-order valence-electron chi connectivity index (χ3n) is 4.38. The number of carboxylic acids is 1. The highest BCUT2D eigenvalue weighted by atomic mass is 16.6. The normalized spacial score (nSPS) is 25.7. The predicted octanol–water partition coefficient (Wildman–Crippen LogP) is 0.336. The molecule has 0 bridgehead atoms. The summed E-state index contributed by atoms with van der Waals surface area (Å²) in [5.74, 6) is -1.93. The number of carbonyl (C=O) groups excluding carboxylic acids is 1. The molecule has 2 heterocycles. The molecule has 1 fully saturated rings. The first kappa shape index (κ1) is 18.9. The minimum Gasteiger partial charge on any atom is -0.481 e. The van der Waals surface area contributed by atoms with Crippen LogP contribution in [-0.2, 0) is 26.1 Å². The van der Waals surface area contributed by atoms with Gasteiger partial charge in [0, 0.05) is 19.2 Å². The smallest absolute Gasteiger partial charge is 0.328 e. The first-order valence-electron chi connectivity index (χ1n) is 8.11. The summed E-state index contributed by atoms with van der Waals surface area (Å²) in [5, 5.41) is 8.67. The lowest BCUT2D eigenvalue weighted by Crippen LogP contribution is -2.35. The average molecular weight is 354 g/mol. The van der Waals surface area contributed by atoms with Crippen molar-refractivity contribution in [1.82, 2.24) is 9.55 Å². The third kappa shape index (κ3) is 4.16. The molecule has 25 heavy (non-hydrogen) atoms. The zero-order valence-electron chi connectivity index (χ0n) is 14.4. The number of aliphatic carboxylic acids is 1. The highest BCUT2D eigenvalue weighted by Crippen LogP contribution is 2.39. The topological polar surface area (TPSA) is 128 Å². The van der Waals surface area contributed by atoms with Crippen LogP contribution >= 0.6 is 0 Å². The fraction of sp³-hybridized carbons (Fsp3) is 0.625. The summed E-state index contributed by atoms with van der Waals surface area (Å²) in [6, 6.07) is 0. The molecular weight excluding hydrogens is 332 g/mol. The number of aromatic nitrogens is 2. The molecule has 1 saturated heterocycles. The van der Waals surface area contributed by atoms with Crippen LogP contribution in [0.4, 0.5) is 0 Å². The van der Waals surface area contributed by atoms with Crippen molar-refractivity contribution in [3.05, 3.63) is 32.6 Å². The van der Waals surface area contributed by atoms with Crippen LogP contribution in [0.15, 0.2) is 15.8 Å². The number of rotatable bonds is 6. The molecule has 1 aromatic rings. The van der Waals surface area contributed by atoms with Gasteiger partial charge in [0.05, 0.1) is 24.5 Å². The highest BCUT2D eigenvalue weighted by molar-refractivity contribution is 5.76. The van der Waals surface area contributed by atoms with Gasteiger partial charge >= 0.3 is 17.6 Å². The molecule has 4 unspecified atom stereocenters. The zero-order valence-corrected chi connectivity index (χ0v) is 14.4. The van der Waals surface area contributed by atoms with Crippen LogP contribution in [0.1, 0.15) is 44.8 Å². The van der Waals surface area contributed by atoms with Gasteiger partial charge in [-0.25, -0.2) is 4.79 Å². The summed E-state index contributed by atoms with van der Waals surface area (Å²) >= 11 is 0. The molecule has 4 atom stereocenters. The molecule has 0 aromatic carbocycles. The molecule has 138 valence electrons. The van der Waals surface area contributed by atoms with Crippen molar-refractivity contribution < 1.29 is 24.2 Å². The van der Waals surface area contributed by atoms with Crippen molar-refractivity contribution >= 4 is 11.9 Å². The molecule has 2 rings (SSSR count). The molecule has 0 radical (unpaired) electrons. The monoisotopic (exact) mass is 354 g/mol. The van der Waals surface area contributed by atoms with E-state index in [4.69, 9.17) is 14.6 Å². The van der Waals surface area contributed by atoms with E-state index in [1.54, 1.807) is 0 Å². The molecule has 1 aliphatic heterocycles. The summed E-state index contributed by atoms with van der Waals surface area (Å²) in [6.45, 7) is 3.76. The standard InChI is InChI=1S/C16H22N2O7/c1-4-10-8(2)13(25-12(21)6-5-11(19)20)14(24-10)9-7-18(3)16(23)17-15(9)22/h7-8,10,13-14H,4-6H2,1-3H3,(H,19,20)(H,17,22,23). The van der Waals surface area contributed by atoms with Crippen LogP contribution in [0.3, 0.4) is 0 Å². The molecule has 1 aliphatic rings. The number of nitrogens with zero attached hydrogens (tertiary/aromatic N) is 1. The maximum Gasteiger partial charge on any atom is 0.328 e. The van der Waals surface area contributed by atoms with Gasteiger partial charge < -0.3 is 19.1 Å². The van der Waals surface area contributed by atoms with Crippen molar-refractivity contribution in [2.24, 2.45) is 13.0 Å². The van der Waals surface area contributed by atoms with Gasteiger partial charge in [-0.15, -0.1) is 0 Å². The molecule has 9 heteroatoms. The largest absolute Gasteiger partial charge is 0.481 e. The van der Waals surface area contributed by atoms with E-state index in [2.05, 4.69) is 4.98 Å². The van der Waals surface area contributed by atoms with E-state index in [1.165, 1.54) is 17.8 Å². The van der Waals surface area contributed by atoms with Gasteiger partial charge in [0.2, 0.25) is 0 Å². The van der Waals surface area contributed by atoms with Crippen LogP contribution in [0, 0.1) is 5.92 Å². The summed E-state index contributed by atoms with van der Waals surface area (Å²) in [6.07, 6.45) is -0.332. The summed E-state index contributed by atoms with van der Waals surface area (Å²) in [5.41, 5.74) is -0.952. The lowest BCUT2D eigenvalue weighted by atomic mass is 9.94. The minimum atomic E-state index is -1.09. The van der Waals surface area contributed by atoms with Crippen LogP contribution < -0.4 is 11.2 Å². The Balaban J connectivity index is 2.29. The number of nitrogens with one attached hydrogen (secondary N) is 1. The molecule has 0 amide bonds. The minimum absolute atomic E-state index is 0.180. The van der Waals surface area contributed by atoms with Crippen molar-refractivity contribution in [2.75, 3.05) is 0 Å². The van der Waals surface area contributed by atoms with Crippen molar-refractivity contribution in [3.63, 3.8) is 0 Å². The number of hydrogen-bond donors (Lipinski definition) is 2. The zero-order chi connectivity index (χ0) is 18.7. The lowest BCUT2D eigenvalue weighted by molar-refractivity contribution is -0.155. The Morgan fingerprint density at radius 3 is 2.64 bits per heavy atom. The summed E-state index contributed by atoms with van der Waals surface area (Å²) < 4.78 is 12.5. The quantitative estimate of drug-likeness (QED) is 0.705.